The molecule has 0 saturated heterocycles. The van der Waals surface area contributed by atoms with Gasteiger partial charge in [-0.15, -0.1) is 11.3 Å². The van der Waals surface area contributed by atoms with Crippen molar-refractivity contribution in [1.29, 1.82) is 0 Å². The number of rotatable bonds is 5. The smallest absolute Gasteiger partial charge is 0.251 e. The van der Waals surface area contributed by atoms with E-state index in [9.17, 15) is 9.59 Å². The number of thiazole rings is 1. The molecule has 0 spiro atoms. The van der Waals surface area contributed by atoms with Crippen molar-refractivity contribution in [3.63, 3.8) is 0 Å². The van der Waals surface area contributed by atoms with Crippen molar-refractivity contribution in [2.75, 3.05) is 17.6 Å². The van der Waals surface area contributed by atoms with E-state index in [2.05, 4.69) is 20.7 Å². The molecule has 2 amide bonds. The molecule has 0 atom stereocenters. The van der Waals surface area contributed by atoms with Gasteiger partial charge in [-0.05, 0) is 30.3 Å². The Hall–Kier alpha value is -3.72. The van der Waals surface area contributed by atoms with Gasteiger partial charge in [-0.25, -0.2) is 4.98 Å². The van der Waals surface area contributed by atoms with E-state index in [-0.39, 0.29) is 18.4 Å². The van der Waals surface area contributed by atoms with Crippen LogP contribution >= 0.6 is 11.3 Å². The molecule has 0 aliphatic heterocycles. The van der Waals surface area contributed by atoms with Gasteiger partial charge in [0.2, 0.25) is 5.91 Å². The van der Waals surface area contributed by atoms with E-state index < -0.39 is 0 Å². The number of nitrogens with one attached hydrogen (secondary N) is 2. The van der Waals surface area contributed by atoms with Crippen LogP contribution in [0.4, 0.5) is 10.8 Å². The summed E-state index contributed by atoms with van der Waals surface area (Å²) in [5.74, 6) is -0.693. The average Bonchev–Trinajstić information content (AvgIpc) is 3.33. The molecule has 4 N–H and O–H groups in total. The number of anilines is 2. The Bertz CT molecular complexity index is 1200. The molecule has 4 aromatic rings. The maximum Gasteiger partial charge on any atom is 0.251 e. The first kappa shape index (κ1) is 18.6. The summed E-state index contributed by atoms with van der Waals surface area (Å²) in [6.07, 6.45) is 1.81. The number of aryl methyl sites for hydroxylation is 1. The quantitative estimate of drug-likeness (QED) is 0.441. The molecule has 0 aliphatic rings. The number of amides is 2. The Balaban J connectivity index is 1.38. The summed E-state index contributed by atoms with van der Waals surface area (Å²) in [4.78, 5) is 28.7. The van der Waals surface area contributed by atoms with Gasteiger partial charge in [-0.3, -0.25) is 14.3 Å². The maximum absolute atomic E-state index is 12.1. The molecule has 146 valence electrons. The molecule has 8 nitrogen and oxygen atoms in total. The minimum absolute atomic E-state index is 0.154. The minimum Gasteiger partial charge on any atom is -0.399 e. The summed E-state index contributed by atoms with van der Waals surface area (Å²) in [5.41, 5.74) is 9.32. The van der Waals surface area contributed by atoms with Gasteiger partial charge >= 0.3 is 0 Å². The number of benzene rings is 2. The van der Waals surface area contributed by atoms with Crippen LogP contribution in [0.25, 0.3) is 22.2 Å². The lowest BCUT2D eigenvalue weighted by Gasteiger charge is -2.05. The normalized spacial score (nSPS) is 10.8. The third-order valence-corrected chi connectivity index (χ3v) is 5.14. The first-order valence-corrected chi connectivity index (χ1v) is 9.69. The van der Waals surface area contributed by atoms with Crippen molar-refractivity contribution in [2.45, 2.75) is 0 Å². The molecule has 0 aliphatic carbocycles. The lowest BCUT2D eigenvalue weighted by Crippen LogP contribution is -2.32. The molecular weight excluding hydrogens is 388 g/mol. The molecule has 2 heterocycles. The number of nitrogen functional groups attached to an aromatic ring is 1. The second kappa shape index (κ2) is 7.72. The lowest BCUT2D eigenvalue weighted by atomic mass is 10.1. The standard InChI is InChI=1S/C20H18N6O2S/c1-26-17-8-13(2-3-14(17)9-23-26)16-11-29-20(24-16)25-18(27)10-22-19(28)12-4-6-15(21)7-5-12/h2-9,11H,10,21H2,1H3,(H,22,28)(H,24,25,27). The molecule has 4 rings (SSSR count). The number of carbonyl (C=O) groups is 2. The number of carbonyl (C=O) groups excluding carboxylic acids is 2. The van der Waals surface area contributed by atoms with Gasteiger partial charge in [-0.2, -0.15) is 5.10 Å². The van der Waals surface area contributed by atoms with E-state index >= 15 is 0 Å². The van der Waals surface area contributed by atoms with Crippen molar-refractivity contribution < 1.29 is 9.59 Å². The third-order valence-electron chi connectivity index (χ3n) is 4.38. The number of hydrogen-bond acceptors (Lipinski definition) is 6. The zero-order valence-corrected chi connectivity index (χ0v) is 16.4. The SMILES string of the molecule is Cn1ncc2ccc(-c3csc(NC(=O)CNC(=O)c4ccc(N)cc4)n3)cc21. The first-order chi connectivity index (χ1) is 14.0. The zero-order valence-electron chi connectivity index (χ0n) is 15.5. The fraction of sp³-hybridized carbons (Fsp3) is 0.100. The van der Waals surface area contributed by atoms with Crippen molar-refractivity contribution in [1.82, 2.24) is 20.1 Å². The van der Waals surface area contributed by atoms with E-state index in [1.165, 1.54) is 11.3 Å². The van der Waals surface area contributed by atoms with Crippen LogP contribution in [0.2, 0.25) is 0 Å². The van der Waals surface area contributed by atoms with Crippen LogP contribution in [0, 0.1) is 0 Å². The summed E-state index contributed by atoms with van der Waals surface area (Å²) in [6, 6.07) is 12.4. The van der Waals surface area contributed by atoms with Crippen molar-refractivity contribution in [3.05, 3.63) is 59.6 Å². The van der Waals surface area contributed by atoms with Crippen LogP contribution in [-0.4, -0.2) is 33.1 Å². The Kier molecular flexibility index (Phi) is 4.96. The Morgan fingerprint density at radius 2 is 1.97 bits per heavy atom. The first-order valence-electron chi connectivity index (χ1n) is 8.81. The summed E-state index contributed by atoms with van der Waals surface area (Å²) >= 11 is 1.32. The molecule has 0 saturated carbocycles. The monoisotopic (exact) mass is 406 g/mol. The van der Waals surface area contributed by atoms with Gasteiger partial charge in [0.05, 0.1) is 24.0 Å². The highest BCUT2D eigenvalue weighted by atomic mass is 32.1. The predicted molar refractivity (Wildman–Crippen MR) is 114 cm³/mol. The predicted octanol–water partition coefficient (Wildman–Crippen LogP) is 2.65. The highest BCUT2D eigenvalue weighted by Gasteiger charge is 2.11. The number of nitrogens with zero attached hydrogens (tertiary/aromatic N) is 3. The number of aromatic nitrogens is 3. The van der Waals surface area contributed by atoms with Crippen LogP contribution in [0.3, 0.4) is 0 Å². The Morgan fingerprint density at radius 3 is 2.76 bits per heavy atom. The van der Waals surface area contributed by atoms with Gasteiger partial charge in [-0.1, -0.05) is 12.1 Å². The molecule has 29 heavy (non-hydrogen) atoms. The Labute approximate surface area is 170 Å². The third kappa shape index (κ3) is 4.09. The second-order valence-corrected chi connectivity index (χ2v) is 7.29. The topological polar surface area (TPSA) is 115 Å². The number of fused-ring (bicyclic) bond motifs is 1. The molecule has 2 aromatic heterocycles. The number of nitrogens with two attached hydrogens (primary N) is 1. The van der Waals surface area contributed by atoms with Crippen molar-refractivity contribution >= 4 is 44.9 Å². The van der Waals surface area contributed by atoms with Gasteiger partial charge in [0, 0.05) is 34.6 Å². The van der Waals surface area contributed by atoms with E-state index in [1.807, 2.05) is 36.8 Å². The van der Waals surface area contributed by atoms with Crippen molar-refractivity contribution in [3.8, 4) is 11.3 Å². The van der Waals surface area contributed by atoms with Gasteiger partial charge in [0.15, 0.2) is 5.13 Å². The van der Waals surface area contributed by atoms with Crippen LogP contribution in [-0.2, 0) is 11.8 Å². The average molecular weight is 406 g/mol. The minimum atomic E-state index is -0.350. The summed E-state index contributed by atoms with van der Waals surface area (Å²) in [7, 11) is 1.89. The maximum atomic E-state index is 12.1. The molecule has 0 fully saturated rings. The molecule has 9 heteroatoms. The van der Waals surface area contributed by atoms with Crippen LogP contribution in [0.5, 0.6) is 0 Å². The summed E-state index contributed by atoms with van der Waals surface area (Å²) < 4.78 is 1.80. The zero-order chi connectivity index (χ0) is 20.4. The van der Waals surface area contributed by atoms with E-state index in [4.69, 9.17) is 5.73 Å². The van der Waals surface area contributed by atoms with Crippen LogP contribution < -0.4 is 16.4 Å². The highest BCUT2D eigenvalue weighted by Crippen LogP contribution is 2.27. The molecule has 2 aromatic carbocycles. The molecular formula is C20H18N6O2S. The molecule has 0 bridgehead atoms. The van der Waals surface area contributed by atoms with Gasteiger partial charge < -0.3 is 16.4 Å². The fourth-order valence-corrected chi connectivity index (χ4v) is 3.56. The van der Waals surface area contributed by atoms with Crippen molar-refractivity contribution in [2.24, 2.45) is 7.05 Å². The highest BCUT2D eigenvalue weighted by molar-refractivity contribution is 7.14. The number of hydrogen-bond donors (Lipinski definition) is 3. The van der Waals surface area contributed by atoms with Gasteiger partial charge in [0.1, 0.15) is 0 Å². The van der Waals surface area contributed by atoms with Crippen LogP contribution in [0.1, 0.15) is 10.4 Å². The van der Waals surface area contributed by atoms with E-state index in [0.717, 1.165) is 22.2 Å². The summed E-state index contributed by atoms with van der Waals surface area (Å²) in [6.45, 7) is -0.154. The molecule has 0 unspecified atom stereocenters. The summed E-state index contributed by atoms with van der Waals surface area (Å²) in [5, 5.41) is 12.9. The van der Waals surface area contributed by atoms with E-state index in [0.29, 0.717) is 16.4 Å². The lowest BCUT2D eigenvalue weighted by molar-refractivity contribution is -0.115. The Morgan fingerprint density at radius 1 is 1.17 bits per heavy atom. The molecule has 0 radical (unpaired) electrons. The van der Waals surface area contributed by atoms with Gasteiger partial charge in [0.25, 0.3) is 5.91 Å². The van der Waals surface area contributed by atoms with Crippen LogP contribution in [0.15, 0.2) is 54.0 Å². The fourth-order valence-electron chi connectivity index (χ4n) is 2.83. The van der Waals surface area contributed by atoms with E-state index in [1.54, 1.807) is 28.9 Å². The largest absolute Gasteiger partial charge is 0.399 e. The second-order valence-electron chi connectivity index (χ2n) is 6.43.